The van der Waals surface area contributed by atoms with Crippen LogP contribution >= 0.6 is 0 Å². The second kappa shape index (κ2) is 5.66. The van der Waals surface area contributed by atoms with E-state index in [1.54, 1.807) is 0 Å². The smallest absolute Gasteiger partial charge is 0.418 e. The average molecular weight is 230 g/mol. The molecule has 0 bridgehead atoms. The van der Waals surface area contributed by atoms with Gasteiger partial charge in [0.2, 0.25) is 0 Å². The topological polar surface area (TPSA) is 99.1 Å². The number of aliphatic hydroxyl groups is 1. The number of carbonyl (C=O) groups is 3. The van der Waals surface area contributed by atoms with Crippen molar-refractivity contribution in [1.29, 1.82) is 0 Å². The van der Waals surface area contributed by atoms with Crippen molar-refractivity contribution in [3.8, 4) is 0 Å². The normalized spacial score (nSPS) is 12.9. The van der Waals surface area contributed by atoms with Gasteiger partial charge in [-0.15, -0.1) is 0 Å². The van der Waals surface area contributed by atoms with Crippen LogP contribution in [0.15, 0.2) is 25.3 Å². The Hall–Kier alpha value is -2.15. The Morgan fingerprint density at radius 2 is 1.62 bits per heavy atom. The number of rotatable bonds is 4. The molecule has 1 unspecified atom stereocenters. The summed E-state index contributed by atoms with van der Waals surface area (Å²) in [5, 5.41) is 9.29. The summed E-state index contributed by atoms with van der Waals surface area (Å²) < 4.78 is 4.22. The van der Waals surface area contributed by atoms with E-state index >= 15 is 0 Å². The van der Waals surface area contributed by atoms with Gasteiger partial charge in [-0.1, -0.05) is 13.2 Å². The van der Waals surface area contributed by atoms with E-state index in [4.69, 9.17) is 0 Å². The maximum Gasteiger partial charge on any atom is 0.426 e. The molecule has 7 nitrogen and oxygen atoms in total. The average Bonchev–Trinajstić information content (AvgIpc) is 2.24. The Balaban J connectivity index is 4.34. The molecule has 16 heavy (non-hydrogen) atoms. The number of ether oxygens (including phenoxy) is 1. The van der Waals surface area contributed by atoms with E-state index in [1.807, 2.05) is 0 Å². The third kappa shape index (κ3) is 4.38. The first-order chi connectivity index (χ1) is 7.33. The Bertz CT molecular complexity index is 329. The molecule has 0 spiro atoms. The minimum Gasteiger partial charge on any atom is -0.418 e. The molecular weight excluding hydrogens is 220 g/mol. The summed E-state index contributed by atoms with van der Waals surface area (Å²) in [5.74, 6) is -6.14. The quantitative estimate of drug-likeness (QED) is 0.231. The van der Waals surface area contributed by atoms with Crippen molar-refractivity contribution in [2.45, 2.75) is 12.7 Å². The van der Waals surface area contributed by atoms with Gasteiger partial charge in [0.25, 0.3) is 0 Å². The van der Waals surface area contributed by atoms with Gasteiger partial charge in [-0.05, 0) is 0 Å². The molecule has 0 aliphatic carbocycles. The van der Waals surface area contributed by atoms with Crippen LogP contribution in [0.5, 0.6) is 0 Å². The van der Waals surface area contributed by atoms with Gasteiger partial charge < -0.3 is 9.84 Å². The van der Waals surface area contributed by atoms with Crippen molar-refractivity contribution in [2.24, 2.45) is 0 Å². The minimum absolute atomic E-state index is 0.734. The highest BCUT2D eigenvalue weighted by Crippen LogP contribution is 2.09. The third-order valence-corrected chi connectivity index (χ3v) is 1.21. The summed E-state index contributed by atoms with van der Waals surface area (Å²) in [7, 11) is 0. The Morgan fingerprint density at radius 3 is 2.06 bits per heavy atom. The van der Waals surface area contributed by atoms with E-state index in [2.05, 4.69) is 27.7 Å². The SMILES string of the molecule is C=CC(=O)OOC(=O)C(C)(O)OC(=O)C=C. The van der Waals surface area contributed by atoms with Gasteiger partial charge in [0.1, 0.15) is 0 Å². The van der Waals surface area contributed by atoms with Crippen LogP contribution in [0.4, 0.5) is 0 Å². The zero-order chi connectivity index (χ0) is 12.8. The first kappa shape index (κ1) is 13.8. The molecule has 0 aliphatic rings. The molecule has 1 N–H and O–H groups in total. The highest BCUT2D eigenvalue weighted by atomic mass is 17.2. The van der Waals surface area contributed by atoms with Crippen LogP contribution in [0, 0.1) is 0 Å². The molecule has 7 heteroatoms. The Kier molecular flexibility index (Phi) is 4.90. The van der Waals surface area contributed by atoms with Crippen molar-refractivity contribution in [2.75, 3.05) is 0 Å². The second-order valence-electron chi connectivity index (χ2n) is 2.59. The lowest BCUT2D eigenvalue weighted by Gasteiger charge is -2.18. The third-order valence-electron chi connectivity index (χ3n) is 1.21. The van der Waals surface area contributed by atoms with Gasteiger partial charge in [0, 0.05) is 19.1 Å². The number of hydrogen-bond donors (Lipinski definition) is 1. The lowest BCUT2D eigenvalue weighted by molar-refractivity contribution is -0.285. The van der Waals surface area contributed by atoms with Crippen LogP contribution in [0.3, 0.4) is 0 Å². The predicted octanol–water partition coefficient (Wildman–Crippen LogP) is -0.389. The second-order valence-corrected chi connectivity index (χ2v) is 2.59. The number of carbonyl (C=O) groups excluding carboxylic acids is 3. The van der Waals surface area contributed by atoms with E-state index in [-0.39, 0.29) is 0 Å². The van der Waals surface area contributed by atoms with Gasteiger partial charge in [0.05, 0.1) is 0 Å². The molecule has 88 valence electrons. The van der Waals surface area contributed by atoms with Crippen LogP contribution in [0.1, 0.15) is 6.92 Å². The molecular formula is C9H10O7. The van der Waals surface area contributed by atoms with Gasteiger partial charge in [-0.2, -0.15) is 0 Å². The monoisotopic (exact) mass is 230 g/mol. The number of esters is 1. The molecule has 0 amide bonds. The largest absolute Gasteiger partial charge is 0.426 e. The highest BCUT2D eigenvalue weighted by molar-refractivity contribution is 5.86. The van der Waals surface area contributed by atoms with Gasteiger partial charge in [0.15, 0.2) is 0 Å². The van der Waals surface area contributed by atoms with Crippen LogP contribution < -0.4 is 0 Å². The predicted molar refractivity (Wildman–Crippen MR) is 49.3 cm³/mol. The van der Waals surface area contributed by atoms with Crippen molar-refractivity contribution in [1.82, 2.24) is 0 Å². The highest BCUT2D eigenvalue weighted by Gasteiger charge is 2.38. The molecule has 1 atom stereocenters. The van der Waals surface area contributed by atoms with E-state index in [0.717, 1.165) is 19.1 Å². The lowest BCUT2D eigenvalue weighted by Crippen LogP contribution is -2.41. The maximum absolute atomic E-state index is 11.0. The van der Waals surface area contributed by atoms with Crippen LogP contribution in [0.25, 0.3) is 0 Å². The fourth-order valence-electron chi connectivity index (χ4n) is 0.469. The van der Waals surface area contributed by atoms with Crippen molar-refractivity contribution < 1.29 is 34.0 Å². The van der Waals surface area contributed by atoms with Crippen molar-refractivity contribution >= 4 is 17.9 Å². The molecule has 0 aliphatic heterocycles. The van der Waals surface area contributed by atoms with Crippen LogP contribution in [-0.4, -0.2) is 28.8 Å². The van der Waals surface area contributed by atoms with E-state index in [9.17, 15) is 19.5 Å². The summed E-state index contributed by atoms with van der Waals surface area (Å²) in [6.07, 6.45) is 1.47. The fraction of sp³-hybridized carbons (Fsp3) is 0.222. The van der Waals surface area contributed by atoms with E-state index in [1.165, 1.54) is 0 Å². The van der Waals surface area contributed by atoms with Gasteiger partial charge in [-0.25, -0.2) is 24.2 Å². The Labute approximate surface area is 90.8 Å². The summed E-state index contributed by atoms with van der Waals surface area (Å²) in [5.41, 5.74) is 0. The van der Waals surface area contributed by atoms with Gasteiger partial charge >= 0.3 is 23.7 Å². The Morgan fingerprint density at radius 1 is 1.12 bits per heavy atom. The fourth-order valence-corrected chi connectivity index (χ4v) is 0.469. The molecule has 0 radical (unpaired) electrons. The molecule has 0 rings (SSSR count). The van der Waals surface area contributed by atoms with Crippen molar-refractivity contribution in [3.63, 3.8) is 0 Å². The van der Waals surface area contributed by atoms with E-state index in [0.29, 0.717) is 0 Å². The van der Waals surface area contributed by atoms with E-state index < -0.39 is 23.7 Å². The van der Waals surface area contributed by atoms with Gasteiger partial charge in [-0.3, -0.25) is 0 Å². The van der Waals surface area contributed by atoms with Crippen LogP contribution in [0.2, 0.25) is 0 Å². The molecule has 0 aromatic carbocycles. The van der Waals surface area contributed by atoms with Crippen molar-refractivity contribution in [3.05, 3.63) is 25.3 Å². The summed E-state index contributed by atoms with van der Waals surface area (Å²) in [4.78, 5) is 40.0. The molecule has 0 heterocycles. The summed E-state index contributed by atoms with van der Waals surface area (Å²) in [6.45, 7) is 6.92. The molecule has 0 aromatic heterocycles. The lowest BCUT2D eigenvalue weighted by atomic mass is 10.3. The first-order valence-electron chi connectivity index (χ1n) is 3.96. The molecule has 0 saturated heterocycles. The summed E-state index contributed by atoms with van der Waals surface area (Å²) >= 11 is 0. The molecule has 0 saturated carbocycles. The molecule has 0 fully saturated rings. The maximum atomic E-state index is 11.0. The molecule has 0 aromatic rings. The zero-order valence-electron chi connectivity index (χ0n) is 8.47. The van der Waals surface area contributed by atoms with Crippen LogP contribution in [-0.2, 0) is 28.9 Å². The minimum atomic E-state index is -2.58. The first-order valence-corrected chi connectivity index (χ1v) is 3.96. The zero-order valence-corrected chi connectivity index (χ0v) is 8.47. The number of hydrogen-bond acceptors (Lipinski definition) is 7. The standard InChI is InChI=1S/C9H10O7/c1-4-6(10)14-9(3,13)8(12)16-15-7(11)5-2/h4-5,13H,1-2H2,3H3. The summed E-state index contributed by atoms with van der Waals surface area (Å²) in [6, 6.07) is 0.